The van der Waals surface area contributed by atoms with Crippen molar-refractivity contribution < 1.29 is 8.78 Å². The second-order valence-corrected chi connectivity index (χ2v) is 7.09. The third-order valence-corrected chi connectivity index (χ3v) is 5.12. The van der Waals surface area contributed by atoms with Crippen LogP contribution in [0.5, 0.6) is 0 Å². The Morgan fingerprint density at radius 3 is 2.55 bits per heavy atom. The van der Waals surface area contributed by atoms with Gasteiger partial charge in [-0.15, -0.1) is 0 Å². The smallest absolute Gasteiger partial charge is 0.191 e. The first-order valence-corrected chi connectivity index (χ1v) is 9.66. The molecule has 2 unspecified atom stereocenters. The van der Waals surface area contributed by atoms with E-state index in [1.165, 1.54) is 23.8 Å². The topological polar surface area (TPSA) is 54.2 Å². The van der Waals surface area contributed by atoms with E-state index in [1.807, 2.05) is 29.1 Å². The molecule has 0 bridgehead atoms. The molecule has 1 saturated carbocycles. The van der Waals surface area contributed by atoms with Gasteiger partial charge >= 0.3 is 0 Å². The van der Waals surface area contributed by atoms with Gasteiger partial charge in [0.2, 0.25) is 0 Å². The van der Waals surface area contributed by atoms with Gasteiger partial charge in [0.25, 0.3) is 0 Å². The van der Waals surface area contributed by atoms with Crippen LogP contribution in [0.2, 0.25) is 0 Å². The monoisotopic (exact) mass is 395 g/mol. The number of nitrogens with one attached hydrogen (secondary N) is 2. The van der Waals surface area contributed by atoms with Gasteiger partial charge in [-0.05, 0) is 48.7 Å². The first-order valence-electron chi connectivity index (χ1n) is 9.66. The van der Waals surface area contributed by atoms with Crippen LogP contribution in [0.3, 0.4) is 0 Å². The van der Waals surface area contributed by atoms with E-state index in [0.29, 0.717) is 18.9 Å². The second kappa shape index (κ2) is 8.43. The summed E-state index contributed by atoms with van der Waals surface area (Å²) in [6.07, 6.45) is 5.18. The van der Waals surface area contributed by atoms with Gasteiger partial charge in [0.1, 0.15) is 11.6 Å². The van der Waals surface area contributed by atoms with E-state index in [4.69, 9.17) is 0 Å². The van der Waals surface area contributed by atoms with Crippen molar-refractivity contribution in [3.05, 3.63) is 83.7 Å². The molecule has 1 aliphatic rings. The summed E-state index contributed by atoms with van der Waals surface area (Å²) in [5, 5.41) is 10.7. The fourth-order valence-corrected chi connectivity index (χ4v) is 3.47. The zero-order valence-electron chi connectivity index (χ0n) is 16.1. The van der Waals surface area contributed by atoms with Crippen LogP contribution < -0.4 is 10.6 Å². The molecule has 0 radical (unpaired) electrons. The summed E-state index contributed by atoms with van der Waals surface area (Å²) in [7, 11) is 1.69. The minimum Gasteiger partial charge on any atom is -0.356 e. The van der Waals surface area contributed by atoms with Gasteiger partial charge in [0.15, 0.2) is 5.96 Å². The maximum atomic E-state index is 13.9. The molecule has 1 aliphatic carbocycles. The molecule has 1 fully saturated rings. The highest BCUT2D eigenvalue weighted by molar-refractivity contribution is 5.80. The van der Waals surface area contributed by atoms with E-state index in [-0.39, 0.29) is 17.5 Å². The van der Waals surface area contributed by atoms with Crippen molar-refractivity contribution >= 4 is 5.96 Å². The van der Waals surface area contributed by atoms with Gasteiger partial charge in [0.05, 0.1) is 5.69 Å². The Morgan fingerprint density at radius 2 is 1.90 bits per heavy atom. The zero-order chi connectivity index (χ0) is 20.2. The number of nitrogens with zero attached hydrogens (tertiary/aromatic N) is 3. The van der Waals surface area contributed by atoms with Crippen molar-refractivity contribution in [3.8, 4) is 5.69 Å². The van der Waals surface area contributed by atoms with E-state index in [1.54, 1.807) is 13.2 Å². The highest BCUT2D eigenvalue weighted by Crippen LogP contribution is 2.43. The first kappa shape index (κ1) is 19.1. The summed E-state index contributed by atoms with van der Waals surface area (Å²) in [6.45, 7) is 0.701. The molecule has 5 nitrogen and oxygen atoms in total. The molecule has 0 amide bonds. The highest BCUT2D eigenvalue weighted by Gasteiger charge is 2.42. The Hall–Kier alpha value is -3.22. The van der Waals surface area contributed by atoms with Gasteiger partial charge in [0, 0.05) is 43.5 Å². The fourth-order valence-electron chi connectivity index (χ4n) is 3.47. The minimum absolute atomic E-state index is 0.0130. The van der Waals surface area contributed by atoms with Crippen LogP contribution in [0.1, 0.15) is 23.5 Å². The lowest BCUT2D eigenvalue weighted by molar-refractivity contribution is 0.553. The molecule has 1 heterocycles. The van der Waals surface area contributed by atoms with Crippen molar-refractivity contribution in [2.45, 2.75) is 24.8 Å². The van der Waals surface area contributed by atoms with Gasteiger partial charge < -0.3 is 10.6 Å². The van der Waals surface area contributed by atoms with Crippen molar-refractivity contribution in [3.63, 3.8) is 0 Å². The molecule has 0 aliphatic heterocycles. The van der Waals surface area contributed by atoms with Gasteiger partial charge in [-0.1, -0.05) is 18.2 Å². The molecule has 2 atom stereocenters. The van der Waals surface area contributed by atoms with Crippen molar-refractivity contribution in [1.29, 1.82) is 0 Å². The largest absolute Gasteiger partial charge is 0.356 e. The number of rotatable bonds is 6. The zero-order valence-corrected chi connectivity index (χ0v) is 16.1. The lowest BCUT2D eigenvalue weighted by Crippen LogP contribution is -2.40. The highest BCUT2D eigenvalue weighted by atomic mass is 19.1. The third kappa shape index (κ3) is 4.45. The molecular weight excluding hydrogens is 372 g/mol. The molecule has 2 N–H and O–H groups in total. The molecule has 3 aromatic rings. The maximum absolute atomic E-state index is 13.9. The molecule has 29 heavy (non-hydrogen) atoms. The standard InChI is InChI=1S/C22H23F2N5/c1-25-22(28-20-14-17(20)21-18(23)4-2-5-19(21)24)26-12-10-15-6-8-16(9-7-15)29-13-3-11-27-29/h2-9,11,13,17,20H,10,12,14H2,1H3,(H2,25,26,28). The Balaban J connectivity index is 1.26. The summed E-state index contributed by atoms with van der Waals surface area (Å²) >= 11 is 0. The van der Waals surface area contributed by atoms with Gasteiger partial charge in [-0.25, -0.2) is 13.5 Å². The van der Waals surface area contributed by atoms with Crippen LogP contribution >= 0.6 is 0 Å². The number of hydrogen-bond acceptors (Lipinski definition) is 2. The van der Waals surface area contributed by atoms with E-state index in [9.17, 15) is 8.78 Å². The van der Waals surface area contributed by atoms with E-state index < -0.39 is 11.6 Å². The van der Waals surface area contributed by atoms with Crippen molar-refractivity contribution in [2.24, 2.45) is 4.99 Å². The molecule has 1 aromatic heterocycles. The lowest BCUT2D eigenvalue weighted by atomic mass is 10.1. The summed E-state index contributed by atoms with van der Waals surface area (Å²) in [5.41, 5.74) is 2.38. The van der Waals surface area contributed by atoms with Gasteiger partial charge in [-0.2, -0.15) is 5.10 Å². The summed E-state index contributed by atoms with van der Waals surface area (Å²) in [5.74, 6) is -0.492. The van der Waals surface area contributed by atoms with E-state index >= 15 is 0 Å². The normalized spacial score (nSPS) is 18.5. The number of halogens is 2. The van der Waals surface area contributed by atoms with Crippen LogP contribution in [-0.2, 0) is 6.42 Å². The summed E-state index contributed by atoms with van der Waals surface area (Å²) < 4.78 is 29.7. The predicted octanol–water partition coefficient (Wildman–Crippen LogP) is 3.41. The summed E-state index contributed by atoms with van der Waals surface area (Å²) in [4.78, 5) is 4.22. The Bertz CT molecular complexity index is 963. The lowest BCUT2D eigenvalue weighted by Gasteiger charge is -2.12. The average Bonchev–Trinajstić information content (AvgIpc) is 3.24. The van der Waals surface area contributed by atoms with Crippen molar-refractivity contribution in [1.82, 2.24) is 20.4 Å². The third-order valence-electron chi connectivity index (χ3n) is 5.12. The van der Waals surface area contributed by atoms with Gasteiger partial charge in [-0.3, -0.25) is 4.99 Å². The van der Waals surface area contributed by atoms with Crippen LogP contribution in [0.4, 0.5) is 8.78 Å². The molecule has 4 rings (SSSR count). The average molecular weight is 395 g/mol. The van der Waals surface area contributed by atoms with E-state index in [0.717, 1.165) is 12.1 Å². The number of aromatic nitrogens is 2. The van der Waals surface area contributed by atoms with Crippen molar-refractivity contribution in [2.75, 3.05) is 13.6 Å². The maximum Gasteiger partial charge on any atom is 0.191 e. The molecule has 7 heteroatoms. The van der Waals surface area contributed by atoms with Crippen LogP contribution in [0.15, 0.2) is 65.9 Å². The van der Waals surface area contributed by atoms with Crippen LogP contribution in [-0.4, -0.2) is 35.4 Å². The number of aliphatic imine (C=N–C) groups is 1. The summed E-state index contributed by atoms with van der Waals surface area (Å²) in [6, 6.07) is 14.1. The fraction of sp³-hybridized carbons (Fsp3) is 0.273. The molecule has 0 saturated heterocycles. The molecule has 0 spiro atoms. The Kier molecular flexibility index (Phi) is 5.55. The second-order valence-electron chi connectivity index (χ2n) is 7.09. The Labute approximate surface area is 168 Å². The predicted molar refractivity (Wildman–Crippen MR) is 109 cm³/mol. The number of guanidine groups is 1. The van der Waals surface area contributed by atoms with E-state index in [2.05, 4.69) is 32.9 Å². The van der Waals surface area contributed by atoms with Crippen LogP contribution in [0, 0.1) is 11.6 Å². The van der Waals surface area contributed by atoms with Crippen LogP contribution in [0.25, 0.3) is 5.69 Å². The SMILES string of the molecule is CN=C(NCCc1ccc(-n2cccn2)cc1)NC1CC1c1c(F)cccc1F. The minimum atomic E-state index is -0.485. The molecular formula is C22H23F2N5. The molecule has 2 aromatic carbocycles. The number of benzene rings is 2. The quantitative estimate of drug-likeness (QED) is 0.497. The first-order chi connectivity index (χ1) is 14.2. The molecule has 150 valence electrons. The number of hydrogen-bond donors (Lipinski definition) is 2. The Morgan fingerprint density at radius 1 is 1.14 bits per heavy atom.